The maximum atomic E-state index is 13.0. The summed E-state index contributed by atoms with van der Waals surface area (Å²) in [4.78, 5) is 21.9. The number of nitrogens with zero attached hydrogens (tertiary/aromatic N) is 2. The van der Waals surface area contributed by atoms with Crippen LogP contribution in [0.3, 0.4) is 0 Å². The van der Waals surface area contributed by atoms with Crippen LogP contribution in [0.4, 0.5) is 5.82 Å². The van der Waals surface area contributed by atoms with E-state index in [0.29, 0.717) is 24.5 Å². The van der Waals surface area contributed by atoms with Crippen LogP contribution >= 0.6 is 0 Å². The summed E-state index contributed by atoms with van der Waals surface area (Å²) in [6.07, 6.45) is 3.46. The van der Waals surface area contributed by atoms with Crippen LogP contribution in [0.2, 0.25) is 0 Å². The number of benzene rings is 2. The Balaban J connectivity index is 1.56. The summed E-state index contributed by atoms with van der Waals surface area (Å²) < 4.78 is 0. The lowest BCUT2D eigenvalue weighted by Gasteiger charge is -2.17. The Bertz CT molecular complexity index is 1150. The lowest BCUT2D eigenvalue weighted by atomic mass is 10.0. The minimum atomic E-state index is -0.171. The molecule has 2 heterocycles. The van der Waals surface area contributed by atoms with Crippen LogP contribution in [0.15, 0.2) is 97.3 Å². The van der Waals surface area contributed by atoms with E-state index >= 15 is 0 Å². The standard InChI is InChI=1S/C27H26N4O/c1-20(22-10-4-2-5-11-22)17-29-26-24(27(32)30-19-21-9-8-16-28-18-21)14-15-25(31-26)23-12-6-3-7-13-23/h2-16,18,20H,17,19H2,1H3,(H,29,31)(H,30,32)/t20-/m0/s1. The van der Waals surface area contributed by atoms with Crippen molar-refractivity contribution < 1.29 is 4.79 Å². The van der Waals surface area contributed by atoms with Crippen LogP contribution in [0.5, 0.6) is 0 Å². The van der Waals surface area contributed by atoms with Crippen molar-refractivity contribution in [3.63, 3.8) is 0 Å². The summed E-state index contributed by atoms with van der Waals surface area (Å²) in [5, 5.41) is 6.39. The molecule has 2 aromatic heterocycles. The quantitative estimate of drug-likeness (QED) is 0.405. The van der Waals surface area contributed by atoms with Gasteiger partial charge in [-0.1, -0.05) is 73.7 Å². The third kappa shape index (κ3) is 5.38. The molecule has 0 unspecified atom stereocenters. The van der Waals surface area contributed by atoms with E-state index in [1.807, 2.05) is 72.8 Å². The van der Waals surface area contributed by atoms with E-state index in [1.165, 1.54) is 5.56 Å². The molecule has 0 fully saturated rings. The topological polar surface area (TPSA) is 66.9 Å². The molecule has 0 aliphatic rings. The number of rotatable bonds is 8. The van der Waals surface area contributed by atoms with Gasteiger partial charge in [0.15, 0.2) is 0 Å². The van der Waals surface area contributed by atoms with Crippen LogP contribution in [-0.4, -0.2) is 22.4 Å². The van der Waals surface area contributed by atoms with Crippen molar-refractivity contribution >= 4 is 11.7 Å². The fourth-order valence-corrected chi connectivity index (χ4v) is 3.48. The van der Waals surface area contributed by atoms with Gasteiger partial charge in [-0.3, -0.25) is 9.78 Å². The van der Waals surface area contributed by atoms with Gasteiger partial charge in [-0.05, 0) is 35.2 Å². The van der Waals surface area contributed by atoms with E-state index in [0.717, 1.165) is 16.8 Å². The molecule has 5 nitrogen and oxygen atoms in total. The summed E-state index contributed by atoms with van der Waals surface area (Å²) in [5.41, 5.74) is 4.54. The summed E-state index contributed by atoms with van der Waals surface area (Å²) in [6, 6.07) is 27.8. The zero-order chi connectivity index (χ0) is 22.2. The third-order valence-electron chi connectivity index (χ3n) is 5.33. The van der Waals surface area contributed by atoms with Gasteiger partial charge in [-0.2, -0.15) is 0 Å². The highest BCUT2D eigenvalue weighted by Gasteiger charge is 2.15. The number of pyridine rings is 2. The van der Waals surface area contributed by atoms with E-state index in [9.17, 15) is 4.79 Å². The third-order valence-corrected chi connectivity index (χ3v) is 5.33. The molecule has 32 heavy (non-hydrogen) atoms. The monoisotopic (exact) mass is 422 g/mol. The molecule has 4 aromatic rings. The highest BCUT2D eigenvalue weighted by Crippen LogP contribution is 2.23. The molecule has 1 amide bonds. The van der Waals surface area contributed by atoms with Crippen molar-refractivity contribution in [2.45, 2.75) is 19.4 Å². The fraction of sp³-hybridized carbons (Fsp3) is 0.148. The minimum absolute atomic E-state index is 0.171. The first-order chi connectivity index (χ1) is 15.7. The van der Waals surface area contributed by atoms with E-state index < -0.39 is 0 Å². The Morgan fingerprint density at radius 3 is 2.38 bits per heavy atom. The molecule has 0 aliphatic carbocycles. The van der Waals surface area contributed by atoms with Crippen LogP contribution in [0, 0.1) is 0 Å². The van der Waals surface area contributed by atoms with Gasteiger partial charge in [0.25, 0.3) is 5.91 Å². The Labute approximate surface area is 188 Å². The largest absolute Gasteiger partial charge is 0.369 e. The molecule has 0 radical (unpaired) electrons. The minimum Gasteiger partial charge on any atom is -0.369 e. The van der Waals surface area contributed by atoms with Crippen LogP contribution in [-0.2, 0) is 6.54 Å². The number of amides is 1. The van der Waals surface area contributed by atoms with Crippen LogP contribution in [0.25, 0.3) is 11.3 Å². The van der Waals surface area contributed by atoms with Crippen LogP contribution < -0.4 is 10.6 Å². The van der Waals surface area contributed by atoms with E-state index in [1.54, 1.807) is 12.4 Å². The molecule has 0 bridgehead atoms. The Kier molecular flexibility index (Phi) is 6.88. The molecule has 160 valence electrons. The van der Waals surface area contributed by atoms with Crippen molar-refractivity contribution in [3.8, 4) is 11.3 Å². The second kappa shape index (κ2) is 10.4. The molecule has 2 N–H and O–H groups in total. The lowest BCUT2D eigenvalue weighted by molar-refractivity contribution is 0.0951. The molecular formula is C27H26N4O. The van der Waals surface area contributed by atoms with Crippen LogP contribution in [0.1, 0.15) is 34.3 Å². The van der Waals surface area contributed by atoms with E-state index in [-0.39, 0.29) is 11.8 Å². The molecule has 4 rings (SSSR count). The first kappa shape index (κ1) is 21.2. The van der Waals surface area contributed by atoms with Crippen molar-refractivity contribution in [3.05, 3.63) is 114 Å². The zero-order valence-electron chi connectivity index (χ0n) is 18.0. The molecule has 2 aromatic carbocycles. The summed E-state index contributed by atoms with van der Waals surface area (Å²) in [7, 11) is 0. The maximum absolute atomic E-state index is 13.0. The van der Waals surface area contributed by atoms with Crippen molar-refractivity contribution in [1.82, 2.24) is 15.3 Å². The molecule has 0 aliphatic heterocycles. The normalized spacial score (nSPS) is 11.5. The number of aromatic nitrogens is 2. The maximum Gasteiger partial charge on any atom is 0.255 e. The number of hydrogen-bond acceptors (Lipinski definition) is 4. The molecule has 5 heteroatoms. The second-order valence-electron chi connectivity index (χ2n) is 7.70. The Hall–Kier alpha value is -3.99. The smallest absolute Gasteiger partial charge is 0.255 e. The zero-order valence-corrected chi connectivity index (χ0v) is 18.0. The summed E-state index contributed by atoms with van der Waals surface area (Å²) in [6.45, 7) is 3.23. The van der Waals surface area contributed by atoms with Gasteiger partial charge in [0.05, 0.1) is 11.3 Å². The van der Waals surface area contributed by atoms with E-state index in [2.05, 4.69) is 34.7 Å². The summed E-state index contributed by atoms with van der Waals surface area (Å²) >= 11 is 0. The van der Waals surface area contributed by atoms with Crippen molar-refractivity contribution in [2.24, 2.45) is 0 Å². The fourth-order valence-electron chi connectivity index (χ4n) is 3.48. The first-order valence-electron chi connectivity index (χ1n) is 10.7. The predicted molar refractivity (Wildman–Crippen MR) is 128 cm³/mol. The highest BCUT2D eigenvalue weighted by atomic mass is 16.1. The first-order valence-corrected chi connectivity index (χ1v) is 10.7. The number of anilines is 1. The van der Waals surface area contributed by atoms with E-state index in [4.69, 9.17) is 4.98 Å². The molecule has 0 spiro atoms. The molecule has 1 atom stereocenters. The number of carbonyl (C=O) groups is 1. The van der Waals surface area contributed by atoms with Crippen molar-refractivity contribution in [1.29, 1.82) is 0 Å². The SMILES string of the molecule is C[C@@H](CNc1nc(-c2ccccc2)ccc1C(=O)NCc1cccnc1)c1ccccc1. The predicted octanol–water partition coefficient (Wildman–Crippen LogP) is 5.29. The van der Waals surface area contributed by atoms with Gasteiger partial charge >= 0.3 is 0 Å². The highest BCUT2D eigenvalue weighted by molar-refractivity contribution is 5.99. The Morgan fingerprint density at radius 1 is 0.906 bits per heavy atom. The van der Waals surface area contributed by atoms with Gasteiger partial charge in [0.1, 0.15) is 5.82 Å². The van der Waals surface area contributed by atoms with Crippen molar-refractivity contribution in [2.75, 3.05) is 11.9 Å². The lowest BCUT2D eigenvalue weighted by Crippen LogP contribution is -2.25. The van der Waals surface area contributed by atoms with Gasteiger partial charge < -0.3 is 10.6 Å². The number of carbonyl (C=O) groups excluding carboxylic acids is 1. The van der Waals surface area contributed by atoms with Gasteiger partial charge in [0, 0.05) is 31.0 Å². The average molecular weight is 423 g/mol. The molecular weight excluding hydrogens is 396 g/mol. The molecule has 0 saturated carbocycles. The second-order valence-corrected chi connectivity index (χ2v) is 7.70. The van der Waals surface area contributed by atoms with Gasteiger partial charge in [-0.25, -0.2) is 4.98 Å². The number of nitrogens with one attached hydrogen (secondary N) is 2. The van der Waals surface area contributed by atoms with Gasteiger partial charge in [-0.15, -0.1) is 0 Å². The van der Waals surface area contributed by atoms with Gasteiger partial charge in [0.2, 0.25) is 0 Å². The molecule has 0 saturated heterocycles. The Morgan fingerprint density at radius 2 is 1.66 bits per heavy atom. The number of hydrogen-bond donors (Lipinski definition) is 2. The summed E-state index contributed by atoms with van der Waals surface area (Å²) in [5.74, 6) is 0.679. The average Bonchev–Trinajstić information content (AvgIpc) is 2.87.